The molecule has 0 aliphatic heterocycles. The molecule has 0 spiro atoms. The lowest BCUT2D eigenvalue weighted by atomic mass is 10.3. The molecule has 3 aromatic heterocycles. The van der Waals surface area contributed by atoms with Gasteiger partial charge in [0.05, 0.1) is 17.1 Å². The van der Waals surface area contributed by atoms with Crippen molar-refractivity contribution in [1.29, 1.82) is 0 Å². The number of nitrogens with zero attached hydrogens (tertiary/aromatic N) is 6. The van der Waals surface area contributed by atoms with E-state index in [9.17, 15) is 0 Å². The average molecular weight is 273 g/mol. The number of imidazole rings is 1. The van der Waals surface area contributed by atoms with E-state index in [1.54, 1.807) is 4.68 Å². The zero-order valence-electron chi connectivity index (χ0n) is 12.3. The second-order valence-corrected chi connectivity index (χ2v) is 4.87. The molecule has 0 saturated heterocycles. The van der Waals surface area contributed by atoms with Gasteiger partial charge in [-0.2, -0.15) is 10.2 Å². The summed E-state index contributed by atoms with van der Waals surface area (Å²) in [6.07, 6.45) is 2.81. The highest BCUT2D eigenvalue weighted by molar-refractivity contribution is 5.80. The minimum Gasteiger partial charge on any atom is -0.369 e. The van der Waals surface area contributed by atoms with Crippen LogP contribution in [0.2, 0.25) is 0 Å². The van der Waals surface area contributed by atoms with E-state index in [2.05, 4.69) is 29.0 Å². The summed E-state index contributed by atoms with van der Waals surface area (Å²) in [7, 11) is 1.91. The van der Waals surface area contributed by atoms with E-state index in [0.717, 1.165) is 41.2 Å². The van der Waals surface area contributed by atoms with Crippen LogP contribution in [-0.2, 0) is 20.0 Å². The van der Waals surface area contributed by atoms with Gasteiger partial charge < -0.3 is 5.73 Å². The highest BCUT2D eigenvalue weighted by atomic mass is 15.4. The minimum atomic E-state index is 0.477. The van der Waals surface area contributed by atoms with Gasteiger partial charge in [0, 0.05) is 19.8 Å². The highest BCUT2D eigenvalue weighted by Crippen LogP contribution is 2.26. The predicted octanol–water partition coefficient (Wildman–Crippen LogP) is 1.43. The van der Waals surface area contributed by atoms with Crippen molar-refractivity contribution in [2.75, 3.05) is 5.73 Å². The summed E-state index contributed by atoms with van der Waals surface area (Å²) in [4.78, 5) is 4.46. The molecule has 0 saturated carbocycles. The van der Waals surface area contributed by atoms with E-state index in [1.807, 2.05) is 29.4 Å². The molecule has 0 amide bonds. The second kappa shape index (κ2) is 4.36. The van der Waals surface area contributed by atoms with Gasteiger partial charge in [-0.3, -0.25) is 9.25 Å². The molecule has 0 fully saturated rings. The molecule has 7 heteroatoms. The Morgan fingerprint density at radius 3 is 2.65 bits per heavy atom. The zero-order valence-corrected chi connectivity index (χ0v) is 12.3. The van der Waals surface area contributed by atoms with Crippen LogP contribution in [0.25, 0.3) is 16.9 Å². The van der Waals surface area contributed by atoms with Crippen LogP contribution >= 0.6 is 0 Å². The molecule has 0 radical (unpaired) electrons. The van der Waals surface area contributed by atoms with E-state index >= 15 is 0 Å². The second-order valence-electron chi connectivity index (χ2n) is 4.87. The molecular formula is C13H19N7. The van der Waals surface area contributed by atoms with Crippen LogP contribution in [0.4, 0.5) is 5.95 Å². The van der Waals surface area contributed by atoms with Crippen molar-refractivity contribution in [2.45, 2.75) is 33.7 Å². The van der Waals surface area contributed by atoms with Gasteiger partial charge in [0.2, 0.25) is 5.95 Å². The number of nitrogen functional groups attached to an aromatic ring is 1. The van der Waals surface area contributed by atoms with Crippen molar-refractivity contribution in [3.8, 4) is 5.69 Å². The molecule has 3 heterocycles. The van der Waals surface area contributed by atoms with Gasteiger partial charge in [-0.15, -0.1) is 0 Å². The summed E-state index contributed by atoms with van der Waals surface area (Å²) < 4.78 is 5.68. The molecule has 2 N–H and O–H groups in total. The van der Waals surface area contributed by atoms with Gasteiger partial charge in [0.15, 0.2) is 5.65 Å². The van der Waals surface area contributed by atoms with Crippen molar-refractivity contribution >= 4 is 17.1 Å². The Morgan fingerprint density at radius 2 is 2.00 bits per heavy atom. The predicted molar refractivity (Wildman–Crippen MR) is 77.8 cm³/mol. The van der Waals surface area contributed by atoms with Crippen LogP contribution in [0.5, 0.6) is 0 Å². The van der Waals surface area contributed by atoms with Crippen molar-refractivity contribution in [1.82, 2.24) is 29.1 Å². The fourth-order valence-corrected chi connectivity index (χ4v) is 2.60. The Balaban J connectivity index is 2.37. The number of hydrogen-bond donors (Lipinski definition) is 1. The molecule has 106 valence electrons. The summed E-state index contributed by atoms with van der Waals surface area (Å²) in [5, 5.41) is 8.99. The fourth-order valence-electron chi connectivity index (χ4n) is 2.60. The molecule has 3 rings (SSSR count). The maximum Gasteiger partial charge on any atom is 0.207 e. The number of hydrogen-bond acceptors (Lipinski definition) is 4. The highest BCUT2D eigenvalue weighted by Gasteiger charge is 2.20. The number of aromatic nitrogens is 6. The fraction of sp³-hybridized carbons (Fsp3) is 0.462. The van der Waals surface area contributed by atoms with Gasteiger partial charge in [0.25, 0.3) is 0 Å². The van der Waals surface area contributed by atoms with E-state index in [0.29, 0.717) is 5.95 Å². The summed E-state index contributed by atoms with van der Waals surface area (Å²) in [6, 6.07) is 0. The monoisotopic (exact) mass is 273 g/mol. The van der Waals surface area contributed by atoms with Crippen LogP contribution in [0.3, 0.4) is 0 Å². The van der Waals surface area contributed by atoms with E-state index < -0.39 is 0 Å². The summed E-state index contributed by atoms with van der Waals surface area (Å²) in [5.41, 5.74) is 10.8. The quantitative estimate of drug-likeness (QED) is 0.783. The van der Waals surface area contributed by atoms with Crippen molar-refractivity contribution < 1.29 is 0 Å². The van der Waals surface area contributed by atoms with E-state index in [4.69, 9.17) is 5.73 Å². The normalized spacial score (nSPS) is 11.6. The molecule has 3 aromatic rings. The van der Waals surface area contributed by atoms with E-state index in [-0.39, 0.29) is 0 Å². The molecule has 0 aliphatic rings. The smallest absolute Gasteiger partial charge is 0.207 e. The van der Waals surface area contributed by atoms with Crippen LogP contribution in [-0.4, -0.2) is 29.1 Å². The third-order valence-electron chi connectivity index (χ3n) is 3.50. The molecule has 20 heavy (non-hydrogen) atoms. The topological polar surface area (TPSA) is 79.5 Å². The summed E-state index contributed by atoms with van der Waals surface area (Å²) >= 11 is 0. The number of anilines is 1. The maximum atomic E-state index is 6.13. The zero-order chi connectivity index (χ0) is 14.4. The largest absolute Gasteiger partial charge is 0.369 e. The van der Waals surface area contributed by atoms with Crippen LogP contribution < -0.4 is 5.73 Å². The molecule has 0 aromatic carbocycles. The van der Waals surface area contributed by atoms with Crippen molar-refractivity contribution in [2.24, 2.45) is 7.05 Å². The molecule has 0 atom stereocenters. The van der Waals surface area contributed by atoms with E-state index in [1.165, 1.54) is 0 Å². The Hall–Kier alpha value is -2.31. The molecule has 0 unspecified atom stereocenters. The molecule has 7 nitrogen and oxygen atoms in total. The first-order valence-corrected chi connectivity index (χ1v) is 6.81. The lowest BCUT2D eigenvalue weighted by molar-refractivity contribution is 0.663. The van der Waals surface area contributed by atoms with Crippen LogP contribution in [0.15, 0.2) is 6.20 Å². The maximum absolute atomic E-state index is 6.13. The van der Waals surface area contributed by atoms with Crippen molar-refractivity contribution in [3.05, 3.63) is 17.6 Å². The Morgan fingerprint density at radius 1 is 1.25 bits per heavy atom. The Bertz CT molecular complexity index is 774. The lowest BCUT2D eigenvalue weighted by Crippen LogP contribution is -2.07. The first kappa shape index (κ1) is 12.7. The van der Waals surface area contributed by atoms with Gasteiger partial charge in [-0.05, 0) is 20.3 Å². The van der Waals surface area contributed by atoms with Gasteiger partial charge in [-0.1, -0.05) is 6.92 Å². The Kier molecular flexibility index (Phi) is 2.77. The lowest BCUT2D eigenvalue weighted by Gasteiger charge is -2.07. The third-order valence-corrected chi connectivity index (χ3v) is 3.50. The summed E-state index contributed by atoms with van der Waals surface area (Å²) in [5.74, 6) is 0.477. The summed E-state index contributed by atoms with van der Waals surface area (Å²) in [6.45, 7) is 6.87. The number of fused-ring (bicyclic) bond motifs is 1. The number of aryl methyl sites for hydroxylation is 4. The number of rotatable bonds is 3. The van der Waals surface area contributed by atoms with Gasteiger partial charge in [0.1, 0.15) is 5.52 Å². The first-order chi connectivity index (χ1) is 9.56. The number of nitrogens with two attached hydrogens (primary N) is 1. The average Bonchev–Trinajstić information content (AvgIpc) is 3.03. The van der Waals surface area contributed by atoms with Crippen LogP contribution in [0, 0.1) is 6.92 Å². The minimum absolute atomic E-state index is 0.477. The molecular weight excluding hydrogens is 254 g/mol. The van der Waals surface area contributed by atoms with Crippen LogP contribution in [0.1, 0.15) is 25.2 Å². The SMILES string of the molecule is CCc1nn(C)cc1-n1c(N)nc2c(C)nn(CC)c21. The molecule has 0 aliphatic carbocycles. The first-order valence-electron chi connectivity index (χ1n) is 6.81. The van der Waals surface area contributed by atoms with Gasteiger partial charge >= 0.3 is 0 Å². The van der Waals surface area contributed by atoms with Gasteiger partial charge in [-0.25, -0.2) is 9.67 Å². The standard InChI is InChI=1S/C13H19N7/c1-5-9-10(7-18(4)17-9)20-12-11(15-13(20)14)8(3)16-19(12)6-2/h7H,5-6H2,1-4H3,(H2,14,15). The third kappa shape index (κ3) is 1.62. The van der Waals surface area contributed by atoms with Crippen molar-refractivity contribution in [3.63, 3.8) is 0 Å². The Labute approximate surface area is 117 Å². The molecule has 0 bridgehead atoms.